The highest BCUT2D eigenvalue weighted by Crippen LogP contribution is 2.24. The van der Waals surface area contributed by atoms with Gasteiger partial charge in [0.2, 0.25) is 0 Å². The van der Waals surface area contributed by atoms with Crippen molar-refractivity contribution in [2.45, 2.75) is 33.1 Å². The van der Waals surface area contributed by atoms with E-state index >= 15 is 0 Å². The molecule has 1 aliphatic rings. The van der Waals surface area contributed by atoms with Crippen LogP contribution in [0.5, 0.6) is 0 Å². The number of aliphatic hydroxyl groups is 1. The molecule has 0 saturated carbocycles. The molecule has 17 heavy (non-hydrogen) atoms. The number of nitrogens with zero attached hydrogens (tertiary/aromatic N) is 1. The highest BCUT2D eigenvalue weighted by molar-refractivity contribution is 7.91. The Kier molecular flexibility index (Phi) is 5.41. The van der Waals surface area contributed by atoms with Crippen LogP contribution in [0, 0.1) is 5.41 Å². The van der Waals surface area contributed by atoms with E-state index in [1.807, 2.05) is 0 Å². The number of sulfone groups is 1. The van der Waals surface area contributed by atoms with Crippen molar-refractivity contribution in [3.63, 3.8) is 0 Å². The topological polar surface area (TPSA) is 57.6 Å². The maximum Gasteiger partial charge on any atom is 0.151 e. The van der Waals surface area contributed by atoms with E-state index in [4.69, 9.17) is 0 Å². The van der Waals surface area contributed by atoms with Crippen molar-refractivity contribution in [3.8, 4) is 0 Å². The second kappa shape index (κ2) is 6.16. The molecule has 0 aliphatic carbocycles. The Morgan fingerprint density at radius 1 is 1.29 bits per heavy atom. The van der Waals surface area contributed by atoms with E-state index in [0.717, 1.165) is 32.4 Å². The quantitative estimate of drug-likeness (QED) is 0.801. The maximum absolute atomic E-state index is 11.5. The highest BCUT2D eigenvalue weighted by Gasteiger charge is 2.27. The van der Waals surface area contributed by atoms with Crippen molar-refractivity contribution >= 4 is 9.84 Å². The number of aliphatic hydroxyl groups excluding tert-OH is 1. The normalized spacial score (nSPS) is 25.1. The molecule has 0 aromatic rings. The lowest BCUT2D eigenvalue weighted by atomic mass is 9.86. The molecule has 4 nitrogen and oxygen atoms in total. The molecule has 5 heteroatoms. The van der Waals surface area contributed by atoms with Gasteiger partial charge < -0.3 is 10.0 Å². The third kappa shape index (κ3) is 4.94. The van der Waals surface area contributed by atoms with Crippen LogP contribution in [0.4, 0.5) is 0 Å². The predicted molar refractivity (Wildman–Crippen MR) is 69.8 cm³/mol. The summed E-state index contributed by atoms with van der Waals surface area (Å²) in [7, 11) is -2.83. The van der Waals surface area contributed by atoms with Crippen LogP contribution in [0.1, 0.15) is 33.1 Å². The zero-order valence-corrected chi connectivity index (χ0v) is 11.8. The van der Waals surface area contributed by atoms with Gasteiger partial charge in [0.15, 0.2) is 9.84 Å². The first kappa shape index (κ1) is 14.9. The van der Waals surface area contributed by atoms with Crippen molar-refractivity contribution < 1.29 is 13.5 Å². The minimum Gasteiger partial charge on any atom is -0.396 e. The first-order valence-corrected chi connectivity index (χ1v) is 8.26. The van der Waals surface area contributed by atoms with E-state index < -0.39 is 9.84 Å². The van der Waals surface area contributed by atoms with Gasteiger partial charge in [-0.3, -0.25) is 0 Å². The fourth-order valence-corrected chi connectivity index (χ4v) is 3.81. The summed E-state index contributed by atoms with van der Waals surface area (Å²) in [5.74, 6) is 0.577. The smallest absolute Gasteiger partial charge is 0.151 e. The molecule has 1 atom stereocenters. The molecule has 1 unspecified atom stereocenters. The molecule has 0 aromatic carbocycles. The third-order valence-corrected chi connectivity index (χ3v) is 5.20. The summed E-state index contributed by atoms with van der Waals surface area (Å²) in [6.07, 6.45) is 2.74. The van der Waals surface area contributed by atoms with Gasteiger partial charge in [-0.05, 0) is 19.4 Å². The third-order valence-electron chi connectivity index (χ3n) is 3.49. The Morgan fingerprint density at radius 2 is 2.00 bits per heavy atom. The largest absolute Gasteiger partial charge is 0.396 e. The number of hydrogen-bond acceptors (Lipinski definition) is 4. The van der Waals surface area contributed by atoms with Crippen LogP contribution >= 0.6 is 0 Å². The number of hydrogen-bond donors (Lipinski definition) is 1. The maximum atomic E-state index is 11.5. The second-order valence-electron chi connectivity index (χ2n) is 5.50. The van der Waals surface area contributed by atoms with Crippen molar-refractivity contribution in [3.05, 3.63) is 0 Å². The molecule has 0 bridgehead atoms. The highest BCUT2D eigenvalue weighted by atomic mass is 32.2. The van der Waals surface area contributed by atoms with Crippen LogP contribution < -0.4 is 0 Å². The van der Waals surface area contributed by atoms with Gasteiger partial charge in [0.25, 0.3) is 0 Å². The van der Waals surface area contributed by atoms with Crippen LogP contribution in [0.25, 0.3) is 0 Å². The summed E-state index contributed by atoms with van der Waals surface area (Å²) in [6, 6.07) is 0. The molecule has 102 valence electrons. The monoisotopic (exact) mass is 263 g/mol. The zero-order valence-electron chi connectivity index (χ0n) is 11.0. The summed E-state index contributed by atoms with van der Waals surface area (Å²) < 4.78 is 23.0. The van der Waals surface area contributed by atoms with E-state index in [0.29, 0.717) is 12.3 Å². The van der Waals surface area contributed by atoms with Crippen molar-refractivity contribution in [2.24, 2.45) is 5.41 Å². The van der Waals surface area contributed by atoms with Gasteiger partial charge in [0, 0.05) is 25.1 Å². The molecule has 0 aromatic heterocycles. The molecule has 0 radical (unpaired) electrons. The van der Waals surface area contributed by atoms with Gasteiger partial charge in [-0.2, -0.15) is 0 Å². The van der Waals surface area contributed by atoms with Gasteiger partial charge in [0.05, 0.1) is 11.5 Å². The van der Waals surface area contributed by atoms with Crippen LogP contribution in [0.2, 0.25) is 0 Å². The predicted octanol–water partition coefficient (Wildman–Crippen LogP) is 0.906. The average molecular weight is 263 g/mol. The molecule has 1 N–H and O–H groups in total. The Balaban J connectivity index is 2.56. The lowest BCUT2D eigenvalue weighted by Crippen LogP contribution is -2.39. The first-order valence-electron chi connectivity index (χ1n) is 6.44. The SMILES string of the molecule is CCCC(C)(CO)CN1CCCS(=O)(=O)CC1. The molecule has 0 amide bonds. The minimum atomic E-state index is -2.83. The lowest BCUT2D eigenvalue weighted by Gasteiger charge is -2.33. The Morgan fingerprint density at radius 3 is 2.59 bits per heavy atom. The van der Waals surface area contributed by atoms with Gasteiger partial charge in [-0.1, -0.05) is 20.3 Å². The summed E-state index contributed by atoms with van der Waals surface area (Å²) >= 11 is 0. The Bertz CT molecular complexity index is 329. The Labute approximate surface area is 105 Å². The minimum absolute atomic E-state index is 0.0944. The summed E-state index contributed by atoms with van der Waals surface area (Å²) in [5.41, 5.74) is -0.0944. The van der Waals surface area contributed by atoms with E-state index in [-0.39, 0.29) is 17.8 Å². The molecule has 1 fully saturated rings. The van der Waals surface area contributed by atoms with E-state index in [9.17, 15) is 13.5 Å². The fraction of sp³-hybridized carbons (Fsp3) is 1.00. The van der Waals surface area contributed by atoms with Gasteiger partial charge in [-0.25, -0.2) is 8.42 Å². The molecule has 1 aliphatic heterocycles. The van der Waals surface area contributed by atoms with Crippen molar-refractivity contribution in [1.82, 2.24) is 4.90 Å². The number of rotatable bonds is 5. The van der Waals surface area contributed by atoms with Gasteiger partial charge in [0.1, 0.15) is 0 Å². The van der Waals surface area contributed by atoms with Crippen LogP contribution in [0.15, 0.2) is 0 Å². The molecule has 1 heterocycles. The van der Waals surface area contributed by atoms with Gasteiger partial charge in [-0.15, -0.1) is 0 Å². The van der Waals surface area contributed by atoms with Crippen LogP contribution in [-0.2, 0) is 9.84 Å². The average Bonchev–Trinajstić information content (AvgIpc) is 2.41. The standard InChI is InChI=1S/C12H25NO3S/c1-3-5-12(2,11-14)10-13-6-4-8-17(15,16)9-7-13/h14H,3-11H2,1-2H3. The summed E-state index contributed by atoms with van der Waals surface area (Å²) in [5, 5.41) is 9.48. The van der Waals surface area contributed by atoms with E-state index in [1.54, 1.807) is 0 Å². The molecule has 1 rings (SSSR count). The van der Waals surface area contributed by atoms with Gasteiger partial charge >= 0.3 is 0 Å². The molecule has 1 saturated heterocycles. The van der Waals surface area contributed by atoms with Crippen molar-refractivity contribution in [1.29, 1.82) is 0 Å². The summed E-state index contributed by atoms with van der Waals surface area (Å²) in [6.45, 7) is 6.60. The van der Waals surface area contributed by atoms with E-state index in [2.05, 4.69) is 18.7 Å². The zero-order chi connectivity index (χ0) is 12.9. The lowest BCUT2D eigenvalue weighted by molar-refractivity contribution is 0.0831. The molecule has 0 spiro atoms. The Hall–Kier alpha value is -0.130. The second-order valence-corrected chi connectivity index (χ2v) is 7.80. The molecular formula is C12H25NO3S. The van der Waals surface area contributed by atoms with Crippen molar-refractivity contribution in [2.75, 3.05) is 37.7 Å². The molecular weight excluding hydrogens is 238 g/mol. The fourth-order valence-electron chi connectivity index (χ4n) is 2.50. The summed E-state index contributed by atoms with van der Waals surface area (Å²) in [4.78, 5) is 2.19. The first-order chi connectivity index (χ1) is 7.91. The van der Waals surface area contributed by atoms with Crippen LogP contribution in [0.3, 0.4) is 0 Å². The van der Waals surface area contributed by atoms with E-state index in [1.165, 1.54) is 0 Å². The van der Waals surface area contributed by atoms with Crippen LogP contribution in [-0.4, -0.2) is 56.2 Å².